The summed E-state index contributed by atoms with van der Waals surface area (Å²) in [5.74, 6) is 0. The third kappa shape index (κ3) is 5.49. The molecule has 6 rings (SSSR count). The van der Waals surface area contributed by atoms with Crippen LogP contribution in [0, 0.1) is 13.8 Å². The van der Waals surface area contributed by atoms with Crippen LogP contribution in [0.5, 0.6) is 0 Å². The largest absolute Gasteiger partial charge is 0.422 e. The first kappa shape index (κ1) is 30.9. The van der Waals surface area contributed by atoms with Gasteiger partial charge in [0.05, 0.1) is 11.1 Å². The molecule has 6 aromatic rings. The molecule has 0 amide bonds. The van der Waals surface area contributed by atoms with E-state index in [1.807, 2.05) is 86.6 Å². The molecule has 0 radical (unpaired) electrons. The van der Waals surface area contributed by atoms with Crippen molar-refractivity contribution in [3.63, 3.8) is 0 Å². The molecule has 6 nitrogen and oxygen atoms in total. The predicted molar refractivity (Wildman–Crippen MR) is 191 cm³/mol. The van der Waals surface area contributed by atoms with E-state index in [-0.39, 0.29) is 11.3 Å². The minimum atomic E-state index is -0.340. The van der Waals surface area contributed by atoms with Crippen LogP contribution >= 0.6 is 0 Å². The highest BCUT2D eigenvalue weighted by Crippen LogP contribution is 2.33. The molecule has 0 atom stereocenters. The first-order chi connectivity index (χ1) is 22.3. The molecule has 2 aromatic heterocycles. The minimum absolute atomic E-state index is 0.340. The highest BCUT2D eigenvalue weighted by atomic mass is 16.4. The second-order valence-electron chi connectivity index (χ2n) is 11.6. The Balaban J connectivity index is 1.29. The van der Waals surface area contributed by atoms with Crippen LogP contribution in [-0.4, -0.2) is 26.2 Å². The molecule has 0 spiro atoms. The summed E-state index contributed by atoms with van der Waals surface area (Å²) >= 11 is 0. The number of anilines is 2. The van der Waals surface area contributed by atoms with Crippen LogP contribution in [0.4, 0.5) is 11.4 Å². The summed E-state index contributed by atoms with van der Waals surface area (Å²) < 4.78 is 11.7. The van der Waals surface area contributed by atoms with E-state index in [4.69, 9.17) is 8.83 Å². The lowest BCUT2D eigenvalue weighted by molar-refractivity contribution is 0.562. The zero-order valence-electron chi connectivity index (χ0n) is 27.4. The number of fused-ring (bicyclic) bond motifs is 2. The molecular weight excluding hydrogens is 572 g/mol. The van der Waals surface area contributed by atoms with Gasteiger partial charge < -0.3 is 18.6 Å². The van der Waals surface area contributed by atoms with Crippen LogP contribution in [0.1, 0.15) is 38.8 Å². The van der Waals surface area contributed by atoms with Gasteiger partial charge in [0.25, 0.3) is 0 Å². The van der Waals surface area contributed by atoms with E-state index in [1.165, 1.54) is 0 Å². The molecule has 0 aliphatic rings. The zero-order chi connectivity index (χ0) is 32.5. The molecule has 0 N–H and O–H groups in total. The van der Waals surface area contributed by atoms with Gasteiger partial charge in [-0.1, -0.05) is 48.5 Å². The number of benzene rings is 4. The van der Waals surface area contributed by atoms with Crippen LogP contribution in [0.3, 0.4) is 0 Å². The fraction of sp³-hybridized carbons (Fsp3) is 0.250. The molecule has 0 aliphatic heterocycles. The van der Waals surface area contributed by atoms with Gasteiger partial charge in [-0.2, -0.15) is 0 Å². The highest BCUT2D eigenvalue weighted by molar-refractivity contribution is 5.90. The SMILES string of the molecule is CCN(CC)c1ccc2c(C)c(-c3ccc(-c4ccc(-c5c(C)c6ccc(N(CC)CC)cc6oc5=O)cc4)cc3)c(=O)oc2c1. The quantitative estimate of drug-likeness (QED) is 0.152. The predicted octanol–water partition coefficient (Wildman–Crippen LogP) is 9.21. The number of hydrogen-bond acceptors (Lipinski definition) is 6. The molecule has 0 bridgehead atoms. The van der Waals surface area contributed by atoms with Crippen molar-refractivity contribution in [2.45, 2.75) is 41.5 Å². The van der Waals surface area contributed by atoms with E-state index in [1.54, 1.807) is 0 Å². The molecule has 0 unspecified atom stereocenters. The third-order valence-electron chi connectivity index (χ3n) is 9.24. The van der Waals surface area contributed by atoms with Gasteiger partial charge in [-0.3, -0.25) is 0 Å². The third-order valence-corrected chi connectivity index (χ3v) is 9.24. The van der Waals surface area contributed by atoms with E-state index in [0.717, 1.165) is 81.7 Å². The number of rotatable bonds is 9. The van der Waals surface area contributed by atoms with Gasteiger partial charge in [-0.05, 0) is 99.2 Å². The van der Waals surface area contributed by atoms with Gasteiger partial charge >= 0.3 is 11.3 Å². The van der Waals surface area contributed by atoms with Gasteiger partial charge in [0.2, 0.25) is 0 Å². The lowest BCUT2D eigenvalue weighted by Crippen LogP contribution is -2.21. The fourth-order valence-electron chi connectivity index (χ4n) is 6.59. The van der Waals surface area contributed by atoms with Gasteiger partial charge in [0.15, 0.2) is 0 Å². The average Bonchev–Trinajstić information content (AvgIpc) is 3.06. The summed E-state index contributed by atoms with van der Waals surface area (Å²) in [6.45, 7) is 16.0. The Morgan fingerprint density at radius 2 is 0.804 bits per heavy atom. The maximum Gasteiger partial charge on any atom is 0.344 e. The van der Waals surface area contributed by atoms with Crippen LogP contribution in [0.2, 0.25) is 0 Å². The van der Waals surface area contributed by atoms with E-state index in [9.17, 15) is 9.59 Å². The summed E-state index contributed by atoms with van der Waals surface area (Å²) in [4.78, 5) is 30.9. The molecule has 4 aromatic carbocycles. The Bertz CT molecular complexity index is 1990. The Labute approximate surface area is 269 Å². The second kappa shape index (κ2) is 12.7. The van der Waals surface area contributed by atoms with Gasteiger partial charge in [-0.25, -0.2) is 9.59 Å². The van der Waals surface area contributed by atoms with Crippen molar-refractivity contribution in [2.24, 2.45) is 0 Å². The summed E-state index contributed by atoms with van der Waals surface area (Å²) in [6, 6.07) is 28.1. The molecule has 0 aliphatic carbocycles. The van der Waals surface area contributed by atoms with Crippen LogP contribution in [0.25, 0.3) is 55.3 Å². The zero-order valence-corrected chi connectivity index (χ0v) is 27.4. The second-order valence-corrected chi connectivity index (χ2v) is 11.6. The lowest BCUT2D eigenvalue weighted by atomic mass is 9.95. The van der Waals surface area contributed by atoms with Gasteiger partial charge in [-0.15, -0.1) is 0 Å². The van der Waals surface area contributed by atoms with Gasteiger partial charge in [0, 0.05) is 60.5 Å². The maximum atomic E-state index is 13.2. The number of hydrogen-bond donors (Lipinski definition) is 0. The number of nitrogens with zero attached hydrogens (tertiary/aromatic N) is 2. The fourth-order valence-corrected chi connectivity index (χ4v) is 6.59. The molecule has 2 heterocycles. The smallest absolute Gasteiger partial charge is 0.344 e. The summed E-state index contributed by atoms with van der Waals surface area (Å²) in [6.07, 6.45) is 0. The lowest BCUT2D eigenvalue weighted by Gasteiger charge is -2.21. The first-order valence-electron chi connectivity index (χ1n) is 16.1. The molecule has 234 valence electrons. The molecule has 0 fully saturated rings. The maximum absolute atomic E-state index is 13.2. The van der Waals surface area contributed by atoms with Crippen molar-refractivity contribution in [1.82, 2.24) is 0 Å². The standard InChI is InChI=1S/C40H40N2O4/c1-7-41(8-2)31-19-21-33-25(5)37(39(43)45-35(33)23-31)29-15-11-27(12-16-29)28-13-17-30(18-14-28)38-26(6)34-22-20-32(42(9-3)10-4)24-36(34)46-40(38)44/h11-24H,7-10H2,1-6H3. The van der Waals surface area contributed by atoms with E-state index < -0.39 is 0 Å². The monoisotopic (exact) mass is 612 g/mol. The first-order valence-corrected chi connectivity index (χ1v) is 16.1. The Hall–Kier alpha value is -5.10. The Morgan fingerprint density at radius 3 is 1.13 bits per heavy atom. The van der Waals surface area contributed by atoms with Crippen molar-refractivity contribution in [3.05, 3.63) is 117 Å². The van der Waals surface area contributed by atoms with Gasteiger partial charge in [0.1, 0.15) is 11.2 Å². The molecular formula is C40H40N2O4. The number of aryl methyl sites for hydroxylation is 2. The highest BCUT2D eigenvalue weighted by Gasteiger charge is 2.17. The molecule has 0 saturated carbocycles. The van der Waals surface area contributed by atoms with Crippen molar-refractivity contribution in [3.8, 4) is 33.4 Å². The van der Waals surface area contributed by atoms with Crippen molar-refractivity contribution in [1.29, 1.82) is 0 Å². The average molecular weight is 613 g/mol. The topological polar surface area (TPSA) is 66.9 Å². The van der Waals surface area contributed by atoms with E-state index >= 15 is 0 Å². The molecule has 0 saturated heterocycles. The van der Waals surface area contributed by atoms with Crippen molar-refractivity contribution in [2.75, 3.05) is 36.0 Å². The summed E-state index contributed by atoms with van der Waals surface area (Å²) in [5.41, 5.74) is 9.23. The van der Waals surface area contributed by atoms with Crippen LogP contribution in [0.15, 0.2) is 103 Å². The van der Waals surface area contributed by atoms with Crippen LogP contribution in [-0.2, 0) is 0 Å². The van der Waals surface area contributed by atoms with Crippen molar-refractivity contribution < 1.29 is 8.83 Å². The summed E-state index contributed by atoms with van der Waals surface area (Å²) in [5, 5.41) is 1.87. The summed E-state index contributed by atoms with van der Waals surface area (Å²) in [7, 11) is 0. The Morgan fingerprint density at radius 1 is 0.478 bits per heavy atom. The van der Waals surface area contributed by atoms with Crippen LogP contribution < -0.4 is 21.1 Å². The molecule has 46 heavy (non-hydrogen) atoms. The minimum Gasteiger partial charge on any atom is -0.422 e. The normalized spacial score (nSPS) is 11.3. The molecule has 6 heteroatoms. The van der Waals surface area contributed by atoms with Crippen molar-refractivity contribution >= 4 is 33.3 Å². The van der Waals surface area contributed by atoms with E-state index in [2.05, 4.69) is 49.6 Å². The van der Waals surface area contributed by atoms with E-state index in [0.29, 0.717) is 22.3 Å². The Kier molecular flexibility index (Phi) is 8.55.